The zero-order valence-corrected chi connectivity index (χ0v) is 23.8. The summed E-state index contributed by atoms with van der Waals surface area (Å²) in [6.45, 7) is 16.9. The molecule has 6 heteroatoms. The second kappa shape index (κ2) is 13.5. The van der Waals surface area contributed by atoms with Gasteiger partial charge in [-0.1, -0.05) is 57.4 Å². The van der Waals surface area contributed by atoms with Crippen molar-refractivity contribution in [1.29, 1.82) is 0 Å². The number of nitrogens with zero attached hydrogens (tertiary/aromatic N) is 3. The summed E-state index contributed by atoms with van der Waals surface area (Å²) in [4.78, 5) is 9.99. The predicted octanol–water partition coefficient (Wildman–Crippen LogP) is 6.25. The van der Waals surface area contributed by atoms with Gasteiger partial charge in [-0.3, -0.25) is 10.1 Å². The number of halogens is 1. The monoisotopic (exact) mass is 523 g/mol. The van der Waals surface area contributed by atoms with Crippen LogP contribution in [-0.4, -0.2) is 39.2 Å². The van der Waals surface area contributed by atoms with Gasteiger partial charge in [0.05, 0.1) is 11.0 Å². The molecule has 0 amide bonds. The summed E-state index contributed by atoms with van der Waals surface area (Å²) in [5.74, 6) is -0.282. The summed E-state index contributed by atoms with van der Waals surface area (Å²) < 4.78 is 14.0. The predicted molar refractivity (Wildman–Crippen MR) is 163 cm³/mol. The lowest BCUT2D eigenvalue weighted by Gasteiger charge is -2.10. The number of aromatic nitrogens is 4. The minimum atomic E-state index is -0.282. The maximum atomic E-state index is 14.0. The van der Waals surface area contributed by atoms with E-state index < -0.39 is 0 Å². The average Bonchev–Trinajstić information content (AvgIpc) is 3.50. The van der Waals surface area contributed by atoms with E-state index in [2.05, 4.69) is 44.3 Å². The first kappa shape index (κ1) is 29.3. The molecule has 3 heterocycles. The van der Waals surface area contributed by atoms with E-state index in [1.54, 1.807) is 12.1 Å². The molecule has 202 valence electrons. The first-order chi connectivity index (χ1) is 18.8. The van der Waals surface area contributed by atoms with E-state index in [1.807, 2.05) is 84.5 Å². The third-order valence-electron chi connectivity index (χ3n) is 6.09. The van der Waals surface area contributed by atoms with Crippen molar-refractivity contribution >= 4 is 23.3 Å². The fraction of sp³-hybridized carbons (Fsp3) is 0.212. The van der Waals surface area contributed by atoms with Gasteiger partial charge in [-0.2, -0.15) is 5.10 Å². The Labute approximate surface area is 230 Å². The zero-order valence-electron chi connectivity index (χ0n) is 23.8. The highest BCUT2D eigenvalue weighted by molar-refractivity contribution is 5.88. The smallest absolute Gasteiger partial charge is 0.123 e. The van der Waals surface area contributed by atoms with E-state index in [-0.39, 0.29) is 5.82 Å². The van der Waals surface area contributed by atoms with Gasteiger partial charge >= 0.3 is 0 Å². The largest absolute Gasteiger partial charge is 0.357 e. The second-order valence-electron chi connectivity index (χ2n) is 9.23. The minimum absolute atomic E-state index is 0.282. The molecule has 0 fully saturated rings. The van der Waals surface area contributed by atoms with Gasteiger partial charge in [0, 0.05) is 35.4 Å². The molecular formula is C33H38FN5. The molecular weight excluding hydrogens is 485 g/mol. The van der Waals surface area contributed by atoms with E-state index in [1.165, 1.54) is 12.1 Å². The Balaban J connectivity index is 0.00000205. The van der Waals surface area contributed by atoms with Crippen molar-refractivity contribution in [2.45, 2.75) is 34.2 Å². The van der Waals surface area contributed by atoms with Gasteiger partial charge in [-0.15, -0.1) is 0 Å². The summed E-state index contributed by atoms with van der Waals surface area (Å²) in [5.41, 5.74) is 8.11. The average molecular weight is 524 g/mol. The first-order valence-corrected chi connectivity index (χ1v) is 13.1. The molecule has 4 rings (SSSR count). The van der Waals surface area contributed by atoms with Gasteiger partial charge in [0.2, 0.25) is 0 Å². The number of hydrogen-bond donors (Lipinski definition) is 2. The molecule has 0 spiro atoms. The maximum Gasteiger partial charge on any atom is 0.123 e. The van der Waals surface area contributed by atoms with Crippen LogP contribution in [0.3, 0.4) is 0 Å². The number of aromatic amines is 2. The second-order valence-corrected chi connectivity index (χ2v) is 9.23. The van der Waals surface area contributed by atoms with Gasteiger partial charge in [-0.25, -0.2) is 4.39 Å². The van der Waals surface area contributed by atoms with Gasteiger partial charge < -0.3 is 9.88 Å². The summed E-state index contributed by atoms with van der Waals surface area (Å²) in [6.07, 6.45) is 11.3. The molecule has 0 aliphatic carbocycles. The van der Waals surface area contributed by atoms with Crippen molar-refractivity contribution in [2.75, 3.05) is 14.1 Å². The molecule has 39 heavy (non-hydrogen) atoms. The number of allylic oxidation sites excluding steroid dienone is 3. The highest BCUT2D eigenvalue weighted by Crippen LogP contribution is 2.30. The molecule has 0 aliphatic rings. The van der Waals surface area contributed by atoms with Crippen molar-refractivity contribution in [3.05, 3.63) is 118 Å². The zero-order chi connectivity index (χ0) is 28.5. The summed E-state index contributed by atoms with van der Waals surface area (Å²) in [6, 6.07) is 10.7. The summed E-state index contributed by atoms with van der Waals surface area (Å²) >= 11 is 0. The fourth-order valence-corrected chi connectivity index (χ4v) is 4.39. The molecule has 0 bridgehead atoms. The molecule has 4 aromatic rings. The highest BCUT2D eigenvalue weighted by atomic mass is 19.1. The summed E-state index contributed by atoms with van der Waals surface area (Å²) in [5, 5.41) is 9.59. The SMILES string of the molecule is C=C/C=C(/c1cccc(F)c1)c1cc(-c2n[nH]c(=C/C)/c2=C\C(=C)c2cncc(CN(C)C)c2)[nH]c1C.CC. The van der Waals surface area contributed by atoms with E-state index in [4.69, 9.17) is 0 Å². The van der Waals surface area contributed by atoms with E-state index in [0.29, 0.717) is 0 Å². The van der Waals surface area contributed by atoms with Gasteiger partial charge in [0.25, 0.3) is 0 Å². The molecule has 0 saturated carbocycles. The van der Waals surface area contributed by atoms with Crippen LogP contribution in [0, 0.1) is 12.7 Å². The number of rotatable bonds is 8. The van der Waals surface area contributed by atoms with Crippen LogP contribution in [0.15, 0.2) is 74.1 Å². The maximum absolute atomic E-state index is 14.0. The third-order valence-corrected chi connectivity index (χ3v) is 6.09. The van der Waals surface area contributed by atoms with E-state index >= 15 is 0 Å². The first-order valence-electron chi connectivity index (χ1n) is 13.1. The molecule has 1 aromatic carbocycles. The fourth-order valence-electron chi connectivity index (χ4n) is 4.39. The number of pyridine rings is 1. The van der Waals surface area contributed by atoms with E-state index in [0.717, 1.165) is 67.6 Å². The van der Waals surface area contributed by atoms with Crippen molar-refractivity contribution < 1.29 is 4.39 Å². The topological polar surface area (TPSA) is 60.6 Å². The van der Waals surface area contributed by atoms with Crippen molar-refractivity contribution in [3.8, 4) is 11.4 Å². The molecule has 3 aromatic heterocycles. The Morgan fingerprint density at radius 3 is 2.54 bits per heavy atom. The van der Waals surface area contributed by atoms with Crippen LogP contribution in [0.1, 0.15) is 48.7 Å². The van der Waals surface area contributed by atoms with Crippen LogP contribution in [0.25, 0.3) is 34.7 Å². The van der Waals surface area contributed by atoms with Crippen LogP contribution in [0.2, 0.25) is 0 Å². The standard InChI is InChI=1S/C31H32FN5.C2H6/c1-7-10-26(23-11-9-12-25(32)15-23)27-16-30(34-21(27)4)31-28(29(8-2)35-36-31)13-20(3)24-14-22(17-33-18-24)19-37(5)6;1-2/h7-18,34-35H,1,3,19H2,2,4-6H3;1-2H3/b26-10-,28-13+,29-8+;. The molecule has 0 saturated heterocycles. The highest BCUT2D eigenvalue weighted by Gasteiger charge is 2.15. The van der Waals surface area contributed by atoms with Crippen LogP contribution in [0.4, 0.5) is 4.39 Å². The minimum Gasteiger partial charge on any atom is -0.357 e. The Bertz CT molecular complexity index is 1600. The molecule has 0 atom stereocenters. The van der Waals surface area contributed by atoms with Crippen LogP contribution >= 0.6 is 0 Å². The lowest BCUT2D eigenvalue weighted by molar-refractivity contribution is 0.402. The van der Waals surface area contributed by atoms with Gasteiger partial charge in [0.15, 0.2) is 0 Å². The summed E-state index contributed by atoms with van der Waals surface area (Å²) in [7, 11) is 4.07. The Morgan fingerprint density at radius 2 is 1.87 bits per heavy atom. The normalized spacial score (nSPS) is 12.5. The van der Waals surface area contributed by atoms with E-state index in [9.17, 15) is 4.39 Å². The third kappa shape index (κ3) is 6.98. The van der Waals surface area contributed by atoms with Crippen molar-refractivity contribution in [2.24, 2.45) is 0 Å². The quantitative estimate of drug-likeness (QED) is 0.269. The molecule has 0 radical (unpaired) electrons. The van der Waals surface area contributed by atoms with Crippen molar-refractivity contribution in [1.82, 2.24) is 25.1 Å². The Morgan fingerprint density at radius 1 is 1.10 bits per heavy atom. The van der Waals surface area contributed by atoms with Crippen molar-refractivity contribution in [3.63, 3.8) is 0 Å². The molecule has 0 unspecified atom stereocenters. The van der Waals surface area contributed by atoms with Crippen LogP contribution < -0.4 is 10.6 Å². The number of nitrogens with one attached hydrogen (secondary N) is 2. The molecule has 0 aliphatic heterocycles. The lowest BCUT2D eigenvalue weighted by Crippen LogP contribution is -2.23. The van der Waals surface area contributed by atoms with Crippen LogP contribution in [-0.2, 0) is 6.54 Å². The number of aryl methyl sites for hydroxylation is 1. The Kier molecular flexibility index (Phi) is 10.1. The van der Waals surface area contributed by atoms with Gasteiger partial charge in [0.1, 0.15) is 11.5 Å². The Hall–Kier alpha value is -4.29. The van der Waals surface area contributed by atoms with Crippen LogP contribution in [0.5, 0.6) is 0 Å². The number of benzene rings is 1. The number of H-pyrrole nitrogens is 2. The van der Waals surface area contributed by atoms with Gasteiger partial charge in [-0.05, 0) is 86.1 Å². The molecule has 5 nitrogen and oxygen atoms in total. The number of hydrogen-bond acceptors (Lipinski definition) is 3. The molecule has 2 N–H and O–H groups in total. The lowest BCUT2D eigenvalue weighted by atomic mass is 9.97.